The van der Waals surface area contributed by atoms with Crippen LogP contribution < -0.4 is 0 Å². The van der Waals surface area contributed by atoms with Crippen molar-refractivity contribution in [2.75, 3.05) is 0 Å². The standard InChI is InChI=1S/C47H33N5S2/c1-47(36-17-9-4-10-18-36,37-25-21-34(22-26-37)43-48-39(32-13-5-2-6-14-32)31-40(49-43)41-19-11-29-53-41)38-27-23-35(24-28-38)45-50-44(33-15-7-3-8-16-33)51-46(52-45)42-20-12-30-54-42/h2-31H,1H3. The van der Waals surface area contributed by atoms with Crippen molar-refractivity contribution in [2.24, 2.45) is 0 Å². The van der Waals surface area contributed by atoms with Gasteiger partial charge in [0.2, 0.25) is 0 Å². The molecule has 258 valence electrons. The van der Waals surface area contributed by atoms with E-state index in [4.69, 9.17) is 24.9 Å². The van der Waals surface area contributed by atoms with Crippen molar-refractivity contribution in [2.45, 2.75) is 12.3 Å². The van der Waals surface area contributed by atoms with E-state index in [9.17, 15) is 0 Å². The first-order valence-corrected chi connectivity index (χ1v) is 19.5. The van der Waals surface area contributed by atoms with Gasteiger partial charge in [-0.2, -0.15) is 0 Å². The van der Waals surface area contributed by atoms with Gasteiger partial charge in [-0.25, -0.2) is 24.9 Å². The maximum Gasteiger partial charge on any atom is 0.174 e. The van der Waals surface area contributed by atoms with E-state index >= 15 is 0 Å². The van der Waals surface area contributed by atoms with Crippen molar-refractivity contribution in [1.29, 1.82) is 0 Å². The van der Waals surface area contributed by atoms with E-state index in [1.807, 2.05) is 66.0 Å². The highest BCUT2D eigenvalue weighted by Gasteiger charge is 2.31. The minimum absolute atomic E-state index is 0.455. The molecule has 54 heavy (non-hydrogen) atoms. The summed E-state index contributed by atoms with van der Waals surface area (Å²) in [5, 5.41) is 4.13. The minimum atomic E-state index is -0.455. The molecule has 0 bridgehead atoms. The smallest absolute Gasteiger partial charge is 0.174 e. The number of aromatic nitrogens is 5. The molecular formula is C47H33N5S2. The largest absolute Gasteiger partial charge is 0.228 e. The fraction of sp³-hybridized carbons (Fsp3) is 0.0426. The number of thiophene rings is 2. The van der Waals surface area contributed by atoms with E-state index in [-0.39, 0.29) is 0 Å². The molecule has 0 radical (unpaired) electrons. The lowest BCUT2D eigenvalue weighted by molar-refractivity contribution is 0.692. The van der Waals surface area contributed by atoms with E-state index in [0.717, 1.165) is 54.5 Å². The number of nitrogens with zero attached hydrogens (tertiary/aromatic N) is 5. The van der Waals surface area contributed by atoms with Gasteiger partial charge in [0.1, 0.15) is 0 Å². The lowest BCUT2D eigenvalue weighted by atomic mass is 9.71. The lowest BCUT2D eigenvalue weighted by Crippen LogP contribution is -2.25. The first-order valence-electron chi connectivity index (χ1n) is 17.7. The third-order valence-corrected chi connectivity index (χ3v) is 11.5. The summed E-state index contributed by atoms with van der Waals surface area (Å²) in [6.45, 7) is 2.29. The second kappa shape index (κ2) is 14.5. The molecule has 0 fully saturated rings. The van der Waals surface area contributed by atoms with Gasteiger partial charge in [0.15, 0.2) is 23.3 Å². The predicted molar refractivity (Wildman–Crippen MR) is 222 cm³/mol. The second-order valence-corrected chi connectivity index (χ2v) is 15.0. The summed E-state index contributed by atoms with van der Waals surface area (Å²) in [4.78, 5) is 27.0. The Kier molecular flexibility index (Phi) is 9.00. The third kappa shape index (κ3) is 6.56. The molecule has 5 aromatic carbocycles. The summed E-state index contributed by atoms with van der Waals surface area (Å²) >= 11 is 3.31. The van der Waals surface area contributed by atoms with Crippen LogP contribution in [0, 0.1) is 0 Å². The van der Waals surface area contributed by atoms with Crippen LogP contribution >= 0.6 is 22.7 Å². The molecule has 9 aromatic rings. The Morgan fingerprint density at radius 1 is 0.352 bits per heavy atom. The maximum absolute atomic E-state index is 5.06. The van der Waals surface area contributed by atoms with Gasteiger partial charge in [0.05, 0.1) is 21.1 Å². The van der Waals surface area contributed by atoms with Crippen LogP contribution in [0.15, 0.2) is 181 Å². The van der Waals surface area contributed by atoms with Gasteiger partial charge < -0.3 is 0 Å². The van der Waals surface area contributed by atoms with Crippen LogP contribution in [0.3, 0.4) is 0 Å². The van der Waals surface area contributed by atoms with E-state index in [0.29, 0.717) is 23.3 Å². The Morgan fingerprint density at radius 3 is 1.31 bits per heavy atom. The van der Waals surface area contributed by atoms with Gasteiger partial charge in [0.25, 0.3) is 0 Å². The van der Waals surface area contributed by atoms with E-state index in [1.165, 1.54) is 5.56 Å². The monoisotopic (exact) mass is 731 g/mol. The molecule has 0 spiro atoms. The summed E-state index contributed by atoms with van der Waals surface area (Å²) < 4.78 is 0. The minimum Gasteiger partial charge on any atom is -0.228 e. The van der Waals surface area contributed by atoms with Gasteiger partial charge in [-0.3, -0.25) is 0 Å². The Labute approximate surface area is 322 Å². The quantitative estimate of drug-likeness (QED) is 0.138. The van der Waals surface area contributed by atoms with Crippen LogP contribution in [0.4, 0.5) is 0 Å². The van der Waals surface area contributed by atoms with Crippen LogP contribution in [-0.2, 0) is 5.41 Å². The Hall–Kier alpha value is -6.41. The summed E-state index contributed by atoms with van der Waals surface area (Å²) in [6, 6.07) is 58.8. The zero-order chi connectivity index (χ0) is 36.3. The molecule has 4 heterocycles. The molecule has 4 aromatic heterocycles. The lowest BCUT2D eigenvalue weighted by Gasteiger charge is -2.32. The van der Waals surface area contributed by atoms with Crippen molar-refractivity contribution < 1.29 is 0 Å². The fourth-order valence-corrected chi connectivity index (χ4v) is 8.14. The van der Waals surface area contributed by atoms with Gasteiger partial charge >= 0.3 is 0 Å². The molecule has 0 N–H and O–H groups in total. The number of hydrogen-bond donors (Lipinski definition) is 0. The van der Waals surface area contributed by atoms with Crippen LogP contribution in [0.1, 0.15) is 23.6 Å². The van der Waals surface area contributed by atoms with E-state index in [1.54, 1.807) is 22.7 Å². The molecule has 9 rings (SSSR count). The highest BCUT2D eigenvalue weighted by atomic mass is 32.1. The third-order valence-electron chi connectivity index (χ3n) is 9.77. The second-order valence-electron chi connectivity index (χ2n) is 13.1. The fourth-order valence-electron chi connectivity index (χ4n) is 6.80. The molecule has 0 amide bonds. The first kappa shape index (κ1) is 33.4. The summed E-state index contributed by atoms with van der Waals surface area (Å²) in [5.41, 5.74) is 8.79. The number of rotatable bonds is 9. The average Bonchev–Trinajstić information content (AvgIpc) is 4.01. The van der Waals surface area contributed by atoms with Gasteiger partial charge in [0, 0.05) is 27.7 Å². The van der Waals surface area contributed by atoms with E-state index in [2.05, 4.69) is 121 Å². The summed E-state index contributed by atoms with van der Waals surface area (Å²) in [6.07, 6.45) is 0. The molecule has 0 saturated heterocycles. The normalized spacial score (nSPS) is 12.3. The van der Waals surface area contributed by atoms with E-state index < -0.39 is 5.41 Å². The molecule has 0 saturated carbocycles. The predicted octanol–water partition coefficient (Wildman–Crippen LogP) is 12.1. The zero-order valence-electron chi connectivity index (χ0n) is 29.4. The van der Waals surface area contributed by atoms with Crippen LogP contribution in [0.2, 0.25) is 0 Å². The molecule has 1 atom stereocenters. The Morgan fingerprint density at radius 2 is 0.778 bits per heavy atom. The molecule has 5 nitrogen and oxygen atoms in total. The highest BCUT2D eigenvalue weighted by Crippen LogP contribution is 2.40. The highest BCUT2D eigenvalue weighted by molar-refractivity contribution is 7.13. The topological polar surface area (TPSA) is 64.5 Å². The molecule has 7 heteroatoms. The molecule has 0 aliphatic heterocycles. The summed E-state index contributed by atoms with van der Waals surface area (Å²) in [5.74, 6) is 2.67. The number of benzene rings is 5. The van der Waals surface area contributed by atoms with Crippen molar-refractivity contribution >= 4 is 22.7 Å². The molecule has 1 unspecified atom stereocenters. The zero-order valence-corrected chi connectivity index (χ0v) is 31.0. The van der Waals surface area contributed by atoms with Gasteiger partial charge in [-0.15, -0.1) is 22.7 Å². The van der Waals surface area contributed by atoms with Crippen LogP contribution in [-0.4, -0.2) is 24.9 Å². The Balaban J connectivity index is 1.10. The van der Waals surface area contributed by atoms with Crippen molar-refractivity contribution in [1.82, 2.24) is 24.9 Å². The van der Waals surface area contributed by atoms with Crippen molar-refractivity contribution in [3.8, 4) is 66.7 Å². The Bertz CT molecular complexity index is 2460. The average molecular weight is 732 g/mol. The SMILES string of the molecule is CC(c1ccccc1)(c1ccc(-c2nc(-c3ccccc3)cc(-c3cccs3)n2)cc1)c1ccc(-c2nc(-c3ccccc3)nc(-c3cccs3)n2)cc1. The molecule has 0 aliphatic rings. The van der Waals surface area contributed by atoms with Crippen LogP contribution in [0.25, 0.3) is 66.7 Å². The van der Waals surface area contributed by atoms with Gasteiger partial charge in [-0.1, -0.05) is 152 Å². The molecular weight excluding hydrogens is 699 g/mol. The van der Waals surface area contributed by atoms with Crippen molar-refractivity contribution in [3.63, 3.8) is 0 Å². The van der Waals surface area contributed by atoms with Gasteiger partial charge in [-0.05, 0) is 52.6 Å². The van der Waals surface area contributed by atoms with Crippen LogP contribution in [0.5, 0.6) is 0 Å². The molecule has 0 aliphatic carbocycles. The maximum atomic E-state index is 5.06. The number of hydrogen-bond acceptors (Lipinski definition) is 7. The first-order chi connectivity index (χ1) is 26.6. The van der Waals surface area contributed by atoms with Crippen molar-refractivity contribution in [3.05, 3.63) is 197 Å². The summed E-state index contributed by atoms with van der Waals surface area (Å²) in [7, 11) is 0.